The number of aromatic amines is 1. The lowest BCUT2D eigenvalue weighted by atomic mass is 10.1. The van der Waals surface area contributed by atoms with Gasteiger partial charge >= 0.3 is 0 Å². The first kappa shape index (κ1) is 22.0. The van der Waals surface area contributed by atoms with E-state index in [-0.39, 0.29) is 17.9 Å². The van der Waals surface area contributed by atoms with E-state index in [1.807, 2.05) is 62.5 Å². The molecule has 164 valence electrons. The van der Waals surface area contributed by atoms with Crippen LogP contribution in [-0.4, -0.2) is 20.7 Å². The van der Waals surface area contributed by atoms with Crippen LogP contribution >= 0.6 is 22.9 Å². The van der Waals surface area contributed by atoms with Crippen LogP contribution in [-0.2, 0) is 11.2 Å². The van der Waals surface area contributed by atoms with Crippen molar-refractivity contribution in [3.05, 3.63) is 85.6 Å². The quantitative estimate of drug-likeness (QED) is 0.397. The van der Waals surface area contributed by atoms with Crippen molar-refractivity contribution in [2.24, 2.45) is 0 Å². The van der Waals surface area contributed by atoms with Gasteiger partial charge in [-0.2, -0.15) is 4.68 Å². The third-order valence-electron chi connectivity index (χ3n) is 5.28. The Balaban J connectivity index is 1.47. The van der Waals surface area contributed by atoms with Gasteiger partial charge in [0.25, 0.3) is 5.56 Å². The maximum atomic E-state index is 13.0. The highest BCUT2D eigenvalue weighted by Crippen LogP contribution is 2.24. The van der Waals surface area contributed by atoms with Crippen molar-refractivity contribution in [1.82, 2.24) is 14.8 Å². The van der Waals surface area contributed by atoms with Gasteiger partial charge in [-0.15, -0.1) is 11.3 Å². The molecule has 0 unspecified atom stereocenters. The molecular weight excluding hydrogens is 444 g/mol. The molecule has 0 atom stereocenters. The number of aromatic nitrogens is 3. The Kier molecular flexibility index (Phi) is 6.30. The molecule has 0 saturated carbocycles. The fraction of sp³-hybridized carbons (Fsp3) is 0.208. The van der Waals surface area contributed by atoms with Crippen LogP contribution in [0.2, 0.25) is 5.02 Å². The highest BCUT2D eigenvalue weighted by Gasteiger charge is 2.16. The molecule has 0 spiro atoms. The first-order chi connectivity index (χ1) is 15.3. The number of halogens is 1. The van der Waals surface area contributed by atoms with Crippen LogP contribution in [0.25, 0.3) is 16.4 Å². The van der Waals surface area contributed by atoms with Crippen LogP contribution in [0.3, 0.4) is 0 Å². The number of H-pyrrole nitrogens is 1. The Morgan fingerprint density at radius 2 is 1.91 bits per heavy atom. The summed E-state index contributed by atoms with van der Waals surface area (Å²) in [5.74, 6) is -0.174. The largest absolute Gasteiger partial charge is 0.326 e. The SMILES string of the molecule is Cc1ccc(-c2csc(-n3[nH]c(C)c(CCC(=O)Nc4ccc(C)c(Cl)c4)c3=O)n2)cc1. The third-order valence-corrected chi connectivity index (χ3v) is 6.51. The molecule has 0 aliphatic rings. The van der Waals surface area contributed by atoms with Crippen molar-refractivity contribution in [1.29, 1.82) is 0 Å². The molecule has 0 fully saturated rings. The molecule has 2 heterocycles. The van der Waals surface area contributed by atoms with Gasteiger partial charge in [0.2, 0.25) is 11.0 Å². The van der Waals surface area contributed by atoms with Gasteiger partial charge < -0.3 is 5.32 Å². The fourth-order valence-electron chi connectivity index (χ4n) is 3.37. The number of rotatable bonds is 6. The number of benzene rings is 2. The zero-order valence-electron chi connectivity index (χ0n) is 18.0. The predicted molar refractivity (Wildman–Crippen MR) is 130 cm³/mol. The highest BCUT2D eigenvalue weighted by molar-refractivity contribution is 7.12. The van der Waals surface area contributed by atoms with Crippen molar-refractivity contribution in [3.8, 4) is 16.4 Å². The lowest BCUT2D eigenvalue weighted by Crippen LogP contribution is -2.19. The van der Waals surface area contributed by atoms with E-state index in [1.54, 1.807) is 6.07 Å². The number of aryl methyl sites for hydroxylation is 3. The molecule has 2 N–H and O–H groups in total. The molecule has 1 amide bonds. The molecule has 4 rings (SSSR count). The summed E-state index contributed by atoms with van der Waals surface area (Å²) in [4.78, 5) is 30.0. The second kappa shape index (κ2) is 9.14. The van der Waals surface area contributed by atoms with Crippen molar-refractivity contribution in [2.75, 3.05) is 5.32 Å². The van der Waals surface area contributed by atoms with Crippen LogP contribution in [0.1, 0.15) is 28.8 Å². The number of amides is 1. The Bertz CT molecular complexity index is 1340. The van der Waals surface area contributed by atoms with E-state index in [0.29, 0.717) is 27.8 Å². The molecule has 6 nitrogen and oxygen atoms in total. The fourth-order valence-corrected chi connectivity index (χ4v) is 4.34. The number of carbonyl (C=O) groups excluding carboxylic acids is 1. The average Bonchev–Trinajstić information content (AvgIpc) is 3.35. The minimum Gasteiger partial charge on any atom is -0.326 e. The molecule has 8 heteroatoms. The first-order valence-electron chi connectivity index (χ1n) is 10.2. The predicted octanol–water partition coefficient (Wildman–Crippen LogP) is 5.44. The van der Waals surface area contributed by atoms with Crippen molar-refractivity contribution in [3.63, 3.8) is 0 Å². The Hall–Kier alpha value is -3.16. The maximum absolute atomic E-state index is 13.0. The number of nitrogens with zero attached hydrogens (tertiary/aromatic N) is 2. The third kappa shape index (κ3) is 4.69. The lowest BCUT2D eigenvalue weighted by Gasteiger charge is -2.06. The molecule has 2 aromatic carbocycles. The molecule has 0 saturated heterocycles. The molecule has 2 aromatic heterocycles. The topological polar surface area (TPSA) is 79.8 Å². The summed E-state index contributed by atoms with van der Waals surface area (Å²) >= 11 is 7.51. The number of nitrogens with one attached hydrogen (secondary N) is 2. The van der Waals surface area contributed by atoms with Gasteiger partial charge in [-0.05, 0) is 44.9 Å². The Morgan fingerprint density at radius 1 is 1.16 bits per heavy atom. The number of carbonyl (C=O) groups is 1. The van der Waals surface area contributed by atoms with E-state index >= 15 is 0 Å². The van der Waals surface area contributed by atoms with Gasteiger partial charge in [0.1, 0.15) is 0 Å². The van der Waals surface area contributed by atoms with Crippen LogP contribution in [0.4, 0.5) is 5.69 Å². The van der Waals surface area contributed by atoms with E-state index in [4.69, 9.17) is 11.6 Å². The first-order valence-corrected chi connectivity index (χ1v) is 11.5. The second-order valence-electron chi connectivity index (χ2n) is 7.75. The number of thiazole rings is 1. The van der Waals surface area contributed by atoms with E-state index in [0.717, 1.165) is 22.5 Å². The summed E-state index contributed by atoms with van der Waals surface area (Å²) < 4.78 is 1.45. The summed E-state index contributed by atoms with van der Waals surface area (Å²) in [6.07, 6.45) is 0.516. The monoisotopic (exact) mass is 466 g/mol. The van der Waals surface area contributed by atoms with Crippen LogP contribution < -0.4 is 10.9 Å². The minimum absolute atomic E-state index is 0.174. The van der Waals surface area contributed by atoms with Gasteiger partial charge in [-0.1, -0.05) is 47.5 Å². The summed E-state index contributed by atoms with van der Waals surface area (Å²) in [6.45, 7) is 5.77. The number of anilines is 1. The smallest absolute Gasteiger partial charge is 0.276 e. The van der Waals surface area contributed by atoms with Crippen molar-refractivity contribution < 1.29 is 4.79 Å². The maximum Gasteiger partial charge on any atom is 0.276 e. The molecule has 0 bridgehead atoms. The van der Waals surface area contributed by atoms with E-state index < -0.39 is 0 Å². The Labute approximate surface area is 194 Å². The van der Waals surface area contributed by atoms with Crippen molar-refractivity contribution >= 4 is 34.5 Å². The number of hydrogen-bond donors (Lipinski definition) is 2. The summed E-state index contributed by atoms with van der Waals surface area (Å²) in [7, 11) is 0. The molecule has 0 radical (unpaired) electrons. The van der Waals surface area contributed by atoms with Gasteiger partial charge in [0.05, 0.1) is 5.69 Å². The normalized spacial score (nSPS) is 11.0. The van der Waals surface area contributed by atoms with E-state index in [1.165, 1.54) is 21.6 Å². The summed E-state index contributed by atoms with van der Waals surface area (Å²) in [6, 6.07) is 13.5. The van der Waals surface area contributed by atoms with Gasteiger partial charge in [-0.25, -0.2) is 4.98 Å². The van der Waals surface area contributed by atoms with Crippen LogP contribution in [0.15, 0.2) is 52.6 Å². The number of hydrogen-bond acceptors (Lipinski definition) is 4. The van der Waals surface area contributed by atoms with Gasteiger partial charge in [0, 0.05) is 39.3 Å². The van der Waals surface area contributed by atoms with E-state index in [2.05, 4.69) is 15.4 Å². The zero-order chi connectivity index (χ0) is 22.8. The molecule has 4 aromatic rings. The lowest BCUT2D eigenvalue weighted by molar-refractivity contribution is -0.116. The Morgan fingerprint density at radius 3 is 2.62 bits per heavy atom. The molecule has 32 heavy (non-hydrogen) atoms. The highest BCUT2D eigenvalue weighted by atomic mass is 35.5. The minimum atomic E-state index is -0.182. The second-order valence-corrected chi connectivity index (χ2v) is 8.99. The van der Waals surface area contributed by atoms with Crippen molar-refractivity contribution in [2.45, 2.75) is 33.6 Å². The summed E-state index contributed by atoms with van der Waals surface area (Å²) in [5, 5.41) is 9.02. The van der Waals surface area contributed by atoms with Gasteiger partial charge in [0.15, 0.2) is 0 Å². The standard InChI is InChI=1S/C24H23ClN4O2S/c1-14-4-7-17(8-5-14)21-13-32-24(27-21)29-23(31)19(16(3)28-29)10-11-22(30)26-18-9-6-15(2)20(25)12-18/h4-9,12-13,28H,10-11H2,1-3H3,(H,26,30). The molecule has 0 aliphatic carbocycles. The van der Waals surface area contributed by atoms with E-state index in [9.17, 15) is 9.59 Å². The average molecular weight is 467 g/mol. The zero-order valence-corrected chi connectivity index (χ0v) is 19.6. The molecular formula is C24H23ClN4O2S. The summed E-state index contributed by atoms with van der Waals surface area (Å²) in [5.41, 5.74) is 5.71. The molecule has 0 aliphatic heterocycles. The van der Waals surface area contributed by atoms with Crippen LogP contribution in [0.5, 0.6) is 0 Å². The van der Waals surface area contributed by atoms with Gasteiger partial charge in [-0.3, -0.25) is 14.7 Å². The van der Waals surface area contributed by atoms with Crippen LogP contribution in [0, 0.1) is 20.8 Å².